The molecule has 2 aliphatic carbocycles. The van der Waals surface area contributed by atoms with E-state index in [4.69, 9.17) is 0 Å². The van der Waals surface area contributed by atoms with Crippen LogP contribution in [0.1, 0.15) is 54.9 Å². The Morgan fingerprint density at radius 2 is 1.71 bits per heavy atom. The Morgan fingerprint density at radius 3 is 2.32 bits per heavy atom. The van der Waals surface area contributed by atoms with Gasteiger partial charge in [0, 0.05) is 23.7 Å². The first-order valence-corrected chi connectivity index (χ1v) is 14.0. The number of urea groups is 1. The van der Waals surface area contributed by atoms with E-state index in [0.29, 0.717) is 19.4 Å². The molecule has 8 nitrogen and oxygen atoms in total. The molecule has 1 aliphatic heterocycles. The molecule has 0 spiro atoms. The molecule has 0 radical (unpaired) electrons. The minimum atomic E-state index is -4.06. The van der Waals surface area contributed by atoms with Gasteiger partial charge >= 0.3 is 6.03 Å². The maximum absolute atomic E-state index is 12.6. The van der Waals surface area contributed by atoms with Crippen LogP contribution in [0.25, 0.3) is 0 Å². The summed E-state index contributed by atoms with van der Waals surface area (Å²) in [5, 5.41) is 3.70. The predicted octanol–water partition coefficient (Wildman–Crippen LogP) is 2.44. The van der Waals surface area contributed by atoms with Gasteiger partial charge in [0.05, 0.1) is 5.75 Å². The molecule has 4 rings (SSSR count). The van der Waals surface area contributed by atoms with E-state index in [9.17, 15) is 21.6 Å². The summed E-state index contributed by atoms with van der Waals surface area (Å²) >= 11 is 0. The molecule has 0 unspecified atom stereocenters. The molecule has 1 fully saturated rings. The number of carbonyl (C=O) groups excluding carboxylic acids is 1. The van der Waals surface area contributed by atoms with Crippen LogP contribution in [0.4, 0.5) is 10.5 Å². The van der Waals surface area contributed by atoms with Crippen molar-refractivity contribution in [3.05, 3.63) is 39.8 Å². The van der Waals surface area contributed by atoms with Crippen molar-refractivity contribution in [3.8, 4) is 0 Å². The van der Waals surface area contributed by atoms with Crippen LogP contribution < -0.4 is 10.0 Å². The highest BCUT2D eigenvalue weighted by molar-refractivity contribution is 7.93. The summed E-state index contributed by atoms with van der Waals surface area (Å²) in [6, 6.07) is 0.944. The van der Waals surface area contributed by atoms with Crippen LogP contribution >= 0.6 is 0 Å². The van der Waals surface area contributed by atoms with Crippen LogP contribution in [0.5, 0.6) is 0 Å². The first-order valence-electron chi connectivity index (χ1n) is 10.9. The molecule has 170 valence electrons. The smallest absolute Gasteiger partial charge is 0.307 e. The van der Waals surface area contributed by atoms with Crippen molar-refractivity contribution in [2.45, 2.75) is 64.3 Å². The van der Waals surface area contributed by atoms with E-state index in [0.717, 1.165) is 60.7 Å². The van der Waals surface area contributed by atoms with Gasteiger partial charge in [-0.3, -0.25) is 0 Å². The second-order valence-electron chi connectivity index (χ2n) is 8.38. The molecule has 1 heterocycles. The number of hydrogen-bond donors (Lipinski definition) is 2. The van der Waals surface area contributed by atoms with Crippen molar-refractivity contribution in [1.29, 1.82) is 0 Å². The van der Waals surface area contributed by atoms with E-state index in [2.05, 4.69) is 11.4 Å². The van der Waals surface area contributed by atoms with E-state index >= 15 is 0 Å². The fourth-order valence-electron chi connectivity index (χ4n) is 4.93. The van der Waals surface area contributed by atoms with E-state index < -0.39 is 32.1 Å². The monoisotopic (exact) mass is 467 g/mol. The highest BCUT2D eigenvalue weighted by Gasteiger charge is 2.32. The minimum Gasteiger partial charge on any atom is -0.307 e. The van der Waals surface area contributed by atoms with Crippen molar-refractivity contribution in [1.82, 2.24) is 9.03 Å². The Hall–Kier alpha value is -1.91. The third-order valence-electron chi connectivity index (χ3n) is 6.40. The van der Waals surface area contributed by atoms with Crippen molar-refractivity contribution in [2.75, 3.05) is 17.6 Å². The summed E-state index contributed by atoms with van der Waals surface area (Å²) < 4.78 is 52.6. The lowest BCUT2D eigenvalue weighted by molar-refractivity contribution is 0.256. The van der Waals surface area contributed by atoms with Gasteiger partial charge < -0.3 is 5.32 Å². The molecule has 0 bridgehead atoms. The fourth-order valence-corrected chi connectivity index (χ4v) is 7.03. The first-order chi connectivity index (χ1) is 14.7. The summed E-state index contributed by atoms with van der Waals surface area (Å²) in [6.07, 6.45) is 8.39. The molecule has 1 saturated heterocycles. The van der Waals surface area contributed by atoms with Gasteiger partial charge in [0.15, 0.2) is 0 Å². The van der Waals surface area contributed by atoms with Gasteiger partial charge in [-0.15, -0.1) is 0 Å². The van der Waals surface area contributed by atoms with E-state index in [1.54, 1.807) is 6.92 Å². The van der Waals surface area contributed by atoms with Gasteiger partial charge in [-0.2, -0.15) is 4.31 Å². The van der Waals surface area contributed by atoms with E-state index in [-0.39, 0.29) is 5.75 Å². The maximum atomic E-state index is 12.6. The summed E-state index contributed by atoms with van der Waals surface area (Å²) in [5.74, 6) is -0.0313. The molecule has 10 heteroatoms. The Morgan fingerprint density at radius 1 is 1.06 bits per heavy atom. The molecular weight excluding hydrogens is 438 g/mol. The van der Waals surface area contributed by atoms with Gasteiger partial charge in [0.2, 0.25) is 10.0 Å². The number of carbonyl (C=O) groups is 1. The first kappa shape index (κ1) is 22.3. The number of nitrogens with one attached hydrogen (secondary N) is 2. The summed E-state index contributed by atoms with van der Waals surface area (Å²) in [6.45, 7) is 1.94. The Kier molecular flexibility index (Phi) is 6.15. The number of benzene rings is 1. The number of nitrogens with zero attached hydrogens (tertiary/aromatic N) is 1. The van der Waals surface area contributed by atoms with Gasteiger partial charge in [0.25, 0.3) is 10.0 Å². The van der Waals surface area contributed by atoms with Gasteiger partial charge in [-0.25, -0.2) is 26.4 Å². The molecule has 2 amide bonds. The highest BCUT2D eigenvalue weighted by atomic mass is 32.2. The number of fused-ring (bicyclic) bond motifs is 2. The van der Waals surface area contributed by atoms with E-state index in [1.165, 1.54) is 21.5 Å². The molecule has 3 aliphatic rings. The number of amides is 2. The summed E-state index contributed by atoms with van der Waals surface area (Å²) in [5.41, 5.74) is 5.51. The molecule has 2 N–H and O–H groups in total. The number of sulfonamides is 2. The molecule has 0 aromatic heterocycles. The number of anilines is 1. The van der Waals surface area contributed by atoms with Gasteiger partial charge in [-0.05, 0) is 80.5 Å². The lowest BCUT2D eigenvalue weighted by atomic mass is 9.99. The zero-order chi connectivity index (χ0) is 22.2. The van der Waals surface area contributed by atoms with Crippen LogP contribution in [0, 0.1) is 0 Å². The van der Waals surface area contributed by atoms with Crippen molar-refractivity contribution < 1.29 is 21.6 Å². The molecular formula is C21H29N3O5S2. The largest absolute Gasteiger partial charge is 0.333 e. The molecule has 1 aromatic rings. The second kappa shape index (κ2) is 8.55. The average Bonchev–Trinajstić information content (AvgIpc) is 3.45. The van der Waals surface area contributed by atoms with Crippen LogP contribution in [0.3, 0.4) is 0 Å². The van der Waals surface area contributed by atoms with Gasteiger partial charge in [0.1, 0.15) is 0 Å². The normalized spacial score (nSPS) is 21.4. The topological polar surface area (TPSA) is 113 Å². The lowest BCUT2D eigenvalue weighted by Crippen LogP contribution is -2.36. The number of aryl methyl sites for hydroxylation is 2. The molecule has 31 heavy (non-hydrogen) atoms. The third-order valence-corrected chi connectivity index (χ3v) is 9.28. The van der Waals surface area contributed by atoms with E-state index in [1.807, 2.05) is 4.72 Å². The van der Waals surface area contributed by atoms with Gasteiger partial charge in [-0.1, -0.05) is 12.1 Å². The van der Waals surface area contributed by atoms with Crippen LogP contribution in [0.2, 0.25) is 0 Å². The maximum Gasteiger partial charge on any atom is 0.333 e. The van der Waals surface area contributed by atoms with Crippen molar-refractivity contribution >= 4 is 31.8 Å². The molecule has 1 aromatic carbocycles. The SMILES string of the molecule is CCS(=O)(=O)N1CCC[C@@H]1/C=C/S(=O)(=O)NC(=O)Nc1c2c(cc3c1CCC3)CCC2. The van der Waals surface area contributed by atoms with Crippen LogP contribution in [-0.4, -0.2) is 45.5 Å². The summed E-state index contributed by atoms with van der Waals surface area (Å²) in [7, 11) is -7.46. The quantitative estimate of drug-likeness (QED) is 0.667. The Balaban J connectivity index is 1.46. The zero-order valence-corrected chi connectivity index (χ0v) is 19.3. The van der Waals surface area contributed by atoms with Crippen LogP contribution in [-0.2, 0) is 45.7 Å². The molecule has 0 saturated carbocycles. The van der Waals surface area contributed by atoms with Crippen LogP contribution in [0.15, 0.2) is 17.6 Å². The standard InChI is InChI=1S/C21H29N3O5S2/c1-2-31(28,29)24-12-5-8-17(24)11-13-30(26,27)23-21(25)22-20-18-9-3-6-15(18)14-16-7-4-10-19(16)20/h11,13-14,17H,2-10,12H2,1H3,(H2,22,23,25)/b13-11+/t17-/m1/s1. The van der Waals surface area contributed by atoms with Crippen molar-refractivity contribution in [2.24, 2.45) is 0 Å². The highest BCUT2D eigenvalue weighted by Crippen LogP contribution is 2.38. The fraction of sp³-hybridized carbons (Fsp3) is 0.571. The lowest BCUT2D eigenvalue weighted by Gasteiger charge is -2.20. The molecule has 1 atom stereocenters. The third kappa shape index (κ3) is 4.65. The number of hydrogen-bond acceptors (Lipinski definition) is 5. The predicted molar refractivity (Wildman–Crippen MR) is 120 cm³/mol. The minimum absolute atomic E-state index is 0.0313. The number of rotatable bonds is 6. The Labute approximate surface area is 184 Å². The van der Waals surface area contributed by atoms with Crippen molar-refractivity contribution in [3.63, 3.8) is 0 Å². The summed E-state index contributed by atoms with van der Waals surface area (Å²) in [4.78, 5) is 12.6. The Bertz CT molecular complexity index is 1090. The second-order valence-corrected chi connectivity index (χ2v) is 12.2. The average molecular weight is 468 g/mol. The zero-order valence-electron chi connectivity index (χ0n) is 17.7.